The molecule has 4 heteroatoms. The molecular formula is C15H22FNOS. The molecule has 19 heavy (non-hydrogen) atoms. The first-order valence-corrected chi connectivity index (χ1v) is 7.80. The average molecular weight is 283 g/mol. The Balaban J connectivity index is 2.07. The summed E-state index contributed by atoms with van der Waals surface area (Å²) in [5.74, 6) is -0.0976. The molecule has 2 rings (SSSR count). The van der Waals surface area contributed by atoms with Gasteiger partial charge in [0, 0.05) is 35.9 Å². The zero-order chi connectivity index (χ0) is 13.7. The van der Waals surface area contributed by atoms with Crippen LogP contribution in [0.2, 0.25) is 0 Å². The van der Waals surface area contributed by atoms with Crippen molar-refractivity contribution in [3.63, 3.8) is 0 Å². The molecule has 1 aliphatic heterocycles. The minimum absolute atomic E-state index is 0.0976. The van der Waals surface area contributed by atoms with Crippen molar-refractivity contribution < 1.29 is 9.13 Å². The Labute approximate surface area is 119 Å². The number of hydrogen-bond acceptors (Lipinski definition) is 3. The zero-order valence-electron chi connectivity index (χ0n) is 11.6. The van der Waals surface area contributed by atoms with Gasteiger partial charge < -0.3 is 10.1 Å². The van der Waals surface area contributed by atoms with Crippen LogP contribution in [0.4, 0.5) is 4.39 Å². The number of nitrogens with one attached hydrogen (secondary N) is 1. The molecule has 1 aromatic carbocycles. The third-order valence-electron chi connectivity index (χ3n) is 3.20. The van der Waals surface area contributed by atoms with E-state index in [0.29, 0.717) is 11.3 Å². The van der Waals surface area contributed by atoms with Crippen molar-refractivity contribution in [1.29, 1.82) is 0 Å². The van der Waals surface area contributed by atoms with Crippen molar-refractivity contribution in [2.45, 2.75) is 49.4 Å². The Morgan fingerprint density at radius 1 is 1.37 bits per heavy atom. The van der Waals surface area contributed by atoms with Crippen molar-refractivity contribution in [2.24, 2.45) is 0 Å². The topological polar surface area (TPSA) is 21.3 Å². The summed E-state index contributed by atoms with van der Waals surface area (Å²) in [4.78, 5) is 0.808. The molecule has 0 amide bonds. The van der Waals surface area contributed by atoms with E-state index in [1.165, 1.54) is 0 Å². The van der Waals surface area contributed by atoms with Crippen LogP contribution in [0.1, 0.15) is 32.3 Å². The summed E-state index contributed by atoms with van der Waals surface area (Å²) in [6.45, 7) is 6.52. The van der Waals surface area contributed by atoms with Gasteiger partial charge in [-0.05, 0) is 24.5 Å². The quantitative estimate of drug-likeness (QED) is 0.892. The normalized spacial score (nSPS) is 17.1. The van der Waals surface area contributed by atoms with Gasteiger partial charge in [-0.1, -0.05) is 26.0 Å². The molecule has 0 radical (unpaired) electrons. The Kier molecular flexibility index (Phi) is 5.67. The minimum atomic E-state index is -0.0976. The lowest BCUT2D eigenvalue weighted by molar-refractivity contribution is 0.1000. The highest BCUT2D eigenvalue weighted by Gasteiger charge is 2.19. The van der Waals surface area contributed by atoms with Crippen LogP contribution >= 0.6 is 11.8 Å². The van der Waals surface area contributed by atoms with Crippen molar-refractivity contribution >= 4 is 11.8 Å². The maximum Gasteiger partial charge on any atom is 0.137 e. The van der Waals surface area contributed by atoms with E-state index in [2.05, 4.69) is 19.2 Å². The summed E-state index contributed by atoms with van der Waals surface area (Å²) in [5, 5.41) is 3.84. The summed E-state index contributed by atoms with van der Waals surface area (Å²) in [7, 11) is 0. The van der Waals surface area contributed by atoms with Gasteiger partial charge >= 0.3 is 0 Å². The van der Waals surface area contributed by atoms with Crippen LogP contribution in [-0.2, 0) is 11.3 Å². The Morgan fingerprint density at radius 3 is 2.79 bits per heavy atom. The van der Waals surface area contributed by atoms with Gasteiger partial charge in [-0.2, -0.15) is 0 Å². The Hall–Kier alpha value is -0.580. The first-order chi connectivity index (χ1) is 9.16. The summed E-state index contributed by atoms with van der Waals surface area (Å²) in [5.41, 5.74) is 1.06. The predicted octanol–water partition coefficient (Wildman–Crippen LogP) is 3.59. The fourth-order valence-electron chi connectivity index (χ4n) is 2.10. The van der Waals surface area contributed by atoms with E-state index in [0.717, 1.165) is 43.1 Å². The largest absolute Gasteiger partial charge is 0.381 e. The number of halogens is 1. The van der Waals surface area contributed by atoms with E-state index >= 15 is 0 Å². The van der Waals surface area contributed by atoms with Crippen molar-refractivity contribution in [3.05, 3.63) is 29.6 Å². The molecule has 0 unspecified atom stereocenters. The van der Waals surface area contributed by atoms with Crippen molar-refractivity contribution in [3.8, 4) is 0 Å². The molecule has 0 saturated carbocycles. The molecule has 1 aliphatic rings. The number of rotatable bonds is 5. The average Bonchev–Trinajstić information content (AvgIpc) is 2.40. The van der Waals surface area contributed by atoms with E-state index < -0.39 is 0 Å². The summed E-state index contributed by atoms with van der Waals surface area (Å²) in [6, 6.07) is 5.77. The molecule has 0 atom stereocenters. The van der Waals surface area contributed by atoms with E-state index in [1.54, 1.807) is 23.9 Å². The highest BCUT2D eigenvalue weighted by atomic mass is 32.2. The van der Waals surface area contributed by atoms with Crippen LogP contribution in [0.3, 0.4) is 0 Å². The van der Waals surface area contributed by atoms with Gasteiger partial charge in [0.2, 0.25) is 0 Å². The standard InChI is InChI=1S/C15H22FNOS/c1-11(2)17-10-12-4-3-5-14(16)15(12)19-13-6-8-18-9-7-13/h3-5,11,13,17H,6-10H2,1-2H3. The van der Waals surface area contributed by atoms with E-state index in [-0.39, 0.29) is 5.82 Å². The van der Waals surface area contributed by atoms with Gasteiger partial charge in [-0.15, -0.1) is 11.8 Å². The second kappa shape index (κ2) is 7.27. The molecule has 1 fully saturated rings. The van der Waals surface area contributed by atoms with Crippen LogP contribution in [0.25, 0.3) is 0 Å². The SMILES string of the molecule is CC(C)NCc1cccc(F)c1SC1CCOCC1. The summed E-state index contributed by atoms with van der Waals surface area (Å²) in [6.07, 6.45) is 2.02. The van der Waals surface area contributed by atoms with E-state index in [9.17, 15) is 4.39 Å². The van der Waals surface area contributed by atoms with Crippen LogP contribution in [0, 0.1) is 5.82 Å². The maximum atomic E-state index is 14.0. The monoisotopic (exact) mass is 283 g/mol. The lowest BCUT2D eigenvalue weighted by atomic mass is 10.2. The fraction of sp³-hybridized carbons (Fsp3) is 0.600. The van der Waals surface area contributed by atoms with E-state index in [4.69, 9.17) is 4.74 Å². The van der Waals surface area contributed by atoms with E-state index in [1.807, 2.05) is 6.07 Å². The molecular weight excluding hydrogens is 261 g/mol. The van der Waals surface area contributed by atoms with Gasteiger partial charge in [0.15, 0.2) is 0 Å². The molecule has 1 aromatic rings. The number of thioether (sulfide) groups is 1. The molecule has 2 nitrogen and oxygen atoms in total. The van der Waals surface area contributed by atoms with Crippen molar-refractivity contribution in [1.82, 2.24) is 5.32 Å². The number of ether oxygens (including phenoxy) is 1. The van der Waals surface area contributed by atoms with Crippen LogP contribution in [0.15, 0.2) is 23.1 Å². The maximum absolute atomic E-state index is 14.0. The molecule has 0 aromatic heterocycles. The van der Waals surface area contributed by atoms with Crippen molar-refractivity contribution in [2.75, 3.05) is 13.2 Å². The molecule has 1 N–H and O–H groups in total. The third kappa shape index (κ3) is 4.48. The molecule has 106 valence electrons. The smallest absolute Gasteiger partial charge is 0.137 e. The van der Waals surface area contributed by atoms with Crippen LogP contribution < -0.4 is 5.32 Å². The lowest BCUT2D eigenvalue weighted by Gasteiger charge is -2.23. The van der Waals surface area contributed by atoms with Crippen LogP contribution in [0.5, 0.6) is 0 Å². The van der Waals surface area contributed by atoms with Gasteiger partial charge in [-0.3, -0.25) is 0 Å². The lowest BCUT2D eigenvalue weighted by Crippen LogP contribution is -2.23. The second-order valence-corrected chi connectivity index (χ2v) is 6.50. The Bertz CT molecular complexity index is 405. The summed E-state index contributed by atoms with van der Waals surface area (Å²) < 4.78 is 19.4. The highest BCUT2D eigenvalue weighted by molar-refractivity contribution is 8.00. The predicted molar refractivity (Wildman–Crippen MR) is 78.1 cm³/mol. The van der Waals surface area contributed by atoms with Gasteiger partial charge in [-0.25, -0.2) is 4.39 Å². The molecule has 1 saturated heterocycles. The van der Waals surface area contributed by atoms with Crippen LogP contribution in [-0.4, -0.2) is 24.5 Å². The number of hydrogen-bond donors (Lipinski definition) is 1. The summed E-state index contributed by atoms with van der Waals surface area (Å²) >= 11 is 1.67. The zero-order valence-corrected chi connectivity index (χ0v) is 12.4. The molecule has 0 bridgehead atoms. The highest BCUT2D eigenvalue weighted by Crippen LogP contribution is 2.34. The second-order valence-electron chi connectivity index (χ2n) is 5.19. The molecule has 0 aliphatic carbocycles. The van der Waals surface area contributed by atoms with Gasteiger partial charge in [0.1, 0.15) is 5.82 Å². The van der Waals surface area contributed by atoms with Gasteiger partial charge in [0.25, 0.3) is 0 Å². The molecule has 0 spiro atoms. The minimum Gasteiger partial charge on any atom is -0.381 e. The first kappa shape index (κ1) is 14.8. The third-order valence-corrected chi connectivity index (χ3v) is 4.70. The fourth-order valence-corrected chi connectivity index (χ4v) is 3.33. The number of benzene rings is 1. The first-order valence-electron chi connectivity index (χ1n) is 6.92. The Morgan fingerprint density at radius 2 is 2.11 bits per heavy atom. The molecule has 1 heterocycles. The van der Waals surface area contributed by atoms with Gasteiger partial charge in [0.05, 0.1) is 0 Å².